The number of likely N-dealkylation sites (N-methyl/N-ethyl adjacent to an activating group) is 1. The van der Waals surface area contributed by atoms with E-state index in [9.17, 15) is 9.59 Å². The van der Waals surface area contributed by atoms with Gasteiger partial charge in [0.15, 0.2) is 0 Å². The van der Waals surface area contributed by atoms with Gasteiger partial charge in [0.1, 0.15) is 0 Å². The molecule has 24 heavy (non-hydrogen) atoms. The first-order valence-corrected chi connectivity index (χ1v) is 8.20. The van der Waals surface area contributed by atoms with Gasteiger partial charge in [0.05, 0.1) is 11.3 Å². The van der Waals surface area contributed by atoms with E-state index in [-0.39, 0.29) is 24.2 Å². The van der Waals surface area contributed by atoms with Gasteiger partial charge >= 0.3 is 0 Å². The summed E-state index contributed by atoms with van der Waals surface area (Å²) in [5, 5.41) is 6.14. The van der Waals surface area contributed by atoms with Crippen LogP contribution in [0, 0.1) is 5.41 Å². The van der Waals surface area contributed by atoms with Crippen LogP contribution in [0.1, 0.15) is 44.0 Å². The van der Waals surface area contributed by atoms with Gasteiger partial charge in [-0.2, -0.15) is 0 Å². The number of nitrogens with zero attached hydrogens (tertiary/aromatic N) is 1. The minimum absolute atomic E-state index is 0. The Morgan fingerprint density at radius 3 is 2.50 bits per heavy atom. The monoisotopic (exact) mass is 353 g/mol. The van der Waals surface area contributed by atoms with Crippen LogP contribution in [0.3, 0.4) is 0 Å². The van der Waals surface area contributed by atoms with E-state index in [1.54, 1.807) is 12.1 Å². The van der Waals surface area contributed by atoms with E-state index in [0.717, 1.165) is 19.4 Å². The molecule has 1 unspecified atom stereocenters. The van der Waals surface area contributed by atoms with Crippen molar-refractivity contribution in [1.29, 1.82) is 0 Å². The number of hydrogen-bond acceptors (Lipinski definition) is 3. The lowest BCUT2D eigenvalue weighted by atomic mass is 9.95. The number of carbonyl (C=O) groups is 2. The van der Waals surface area contributed by atoms with E-state index in [2.05, 4.69) is 10.6 Å². The molecule has 2 N–H and O–H groups in total. The molecule has 0 spiro atoms. The summed E-state index contributed by atoms with van der Waals surface area (Å²) < 4.78 is 0. The van der Waals surface area contributed by atoms with Crippen molar-refractivity contribution in [2.45, 2.75) is 39.7 Å². The second kappa shape index (κ2) is 8.49. The molecule has 2 rings (SSSR count). The zero-order valence-electron chi connectivity index (χ0n) is 14.9. The fourth-order valence-electron chi connectivity index (χ4n) is 2.66. The van der Waals surface area contributed by atoms with Crippen molar-refractivity contribution in [2.75, 3.05) is 25.5 Å². The molecule has 6 heteroatoms. The number of halogens is 1. The number of piperidine rings is 1. The van der Waals surface area contributed by atoms with Crippen molar-refractivity contribution < 1.29 is 9.59 Å². The van der Waals surface area contributed by atoms with E-state index in [0.29, 0.717) is 23.8 Å². The normalized spacial score (nSPS) is 17.8. The highest BCUT2D eigenvalue weighted by Gasteiger charge is 2.27. The maximum absolute atomic E-state index is 12.9. The third-order valence-corrected chi connectivity index (χ3v) is 4.20. The second-order valence-corrected chi connectivity index (χ2v) is 7.13. The lowest BCUT2D eigenvalue weighted by Gasteiger charge is -2.33. The minimum atomic E-state index is -0.501. The topological polar surface area (TPSA) is 61.4 Å². The van der Waals surface area contributed by atoms with Crippen molar-refractivity contribution in [2.24, 2.45) is 5.41 Å². The number of anilines is 1. The number of hydrogen-bond donors (Lipinski definition) is 2. The summed E-state index contributed by atoms with van der Waals surface area (Å²) in [4.78, 5) is 27.0. The highest BCUT2D eigenvalue weighted by atomic mass is 35.5. The Labute approximate surface area is 150 Å². The second-order valence-electron chi connectivity index (χ2n) is 7.13. The van der Waals surface area contributed by atoms with Crippen LogP contribution in [0.15, 0.2) is 24.3 Å². The van der Waals surface area contributed by atoms with E-state index >= 15 is 0 Å². The lowest BCUT2D eigenvalue weighted by Crippen LogP contribution is -2.47. The Hall–Kier alpha value is -1.59. The zero-order valence-corrected chi connectivity index (χ0v) is 15.7. The van der Waals surface area contributed by atoms with Crippen LogP contribution in [0.25, 0.3) is 0 Å². The molecule has 0 aromatic heterocycles. The van der Waals surface area contributed by atoms with Gasteiger partial charge in [0, 0.05) is 24.5 Å². The fourth-order valence-corrected chi connectivity index (χ4v) is 2.66. The average Bonchev–Trinajstić information content (AvgIpc) is 2.54. The predicted molar refractivity (Wildman–Crippen MR) is 99.8 cm³/mol. The number of rotatable bonds is 3. The van der Waals surface area contributed by atoms with E-state index < -0.39 is 5.41 Å². The van der Waals surface area contributed by atoms with E-state index in [4.69, 9.17) is 0 Å². The molecule has 1 atom stereocenters. The largest absolute Gasteiger partial charge is 0.337 e. The number of para-hydroxylation sites is 1. The standard InChI is InChI=1S/C18H27N3O2.ClH/c1-18(2,3)17(23)20-15-10-6-5-9-14(15)16(22)21-11-7-8-13(12-21)19-4;/h5-6,9-10,13,19H,7-8,11-12H2,1-4H3,(H,20,23);1H. The first-order chi connectivity index (χ1) is 10.8. The van der Waals surface area contributed by atoms with Gasteiger partial charge < -0.3 is 15.5 Å². The first kappa shape index (κ1) is 20.5. The van der Waals surface area contributed by atoms with Crippen LogP contribution in [-0.2, 0) is 4.79 Å². The van der Waals surface area contributed by atoms with Gasteiger partial charge in [-0.05, 0) is 32.0 Å². The van der Waals surface area contributed by atoms with Crippen molar-refractivity contribution in [3.8, 4) is 0 Å². The molecule has 0 aliphatic carbocycles. The number of nitrogens with one attached hydrogen (secondary N) is 2. The Morgan fingerprint density at radius 1 is 1.21 bits per heavy atom. The molecule has 5 nitrogen and oxygen atoms in total. The van der Waals surface area contributed by atoms with Crippen molar-refractivity contribution in [1.82, 2.24) is 10.2 Å². The van der Waals surface area contributed by atoms with Crippen LogP contribution in [0.2, 0.25) is 0 Å². The van der Waals surface area contributed by atoms with Crippen molar-refractivity contribution in [3.63, 3.8) is 0 Å². The van der Waals surface area contributed by atoms with E-state index in [1.807, 2.05) is 44.9 Å². The highest BCUT2D eigenvalue weighted by molar-refractivity contribution is 6.04. The van der Waals surface area contributed by atoms with Crippen molar-refractivity contribution >= 4 is 29.9 Å². The predicted octanol–water partition coefficient (Wildman–Crippen LogP) is 2.92. The molecule has 1 aromatic carbocycles. The third-order valence-electron chi connectivity index (χ3n) is 4.20. The van der Waals surface area contributed by atoms with Gasteiger partial charge in [0.2, 0.25) is 5.91 Å². The summed E-state index contributed by atoms with van der Waals surface area (Å²) in [6.07, 6.45) is 2.08. The third kappa shape index (κ3) is 4.95. The molecular formula is C18H28ClN3O2. The average molecular weight is 354 g/mol. The van der Waals surface area contributed by atoms with E-state index in [1.165, 1.54) is 0 Å². The fraction of sp³-hybridized carbons (Fsp3) is 0.556. The van der Waals surface area contributed by atoms with Gasteiger partial charge in [0.25, 0.3) is 5.91 Å². The molecule has 1 saturated heterocycles. The molecule has 134 valence electrons. The lowest BCUT2D eigenvalue weighted by molar-refractivity contribution is -0.123. The molecule has 1 fully saturated rings. The summed E-state index contributed by atoms with van der Waals surface area (Å²) in [5.74, 6) is -0.112. The number of likely N-dealkylation sites (tertiary alicyclic amines) is 1. The highest BCUT2D eigenvalue weighted by Crippen LogP contribution is 2.23. The molecule has 1 heterocycles. The Kier molecular flexibility index (Phi) is 7.24. The molecule has 0 radical (unpaired) electrons. The molecule has 1 aromatic rings. The van der Waals surface area contributed by atoms with Crippen LogP contribution < -0.4 is 10.6 Å². The Bertz CT molecular complexity index is 584. The summed E-state index contributed by atoms with van der Waals surface area (Å²) in [6.45, 7) is 7.04. The van der Waals surface area contributed by atoms with Crippen LogP contribution >= 0.6 is 12.4 Å². The SMILES string of the molecule is CNC1CCCN(C(=O)c2ccccc2NC(=O)C(C)(C)C)C1.Cl. The van der Waals surface area contributed by atoms with Gasteiger partial charge in [-0.1, -0.05) is 32.9 Å². The zero-order chi connectivity index (χ0) is 17.0. The minimum Gasteiger partial charge on any atom is -0.337 e. The Balaban J connectivity index is 0.00000288. The number of amides is 2. The molecule has 0 saturated carbocycles. The summed E-state index contributed by atoms with van der Waals surface area (Å²) >= 11 is 0. The van der Waals surface area contributed by atoms with Crippen LogP contribution in [0.4, 0.5) is 5.69 Å². The molecule has 1 aliphatic heterocycles. The van der Waals surface area contributed by atoms with Crippen molar-refractivity contribution in [3.05, 3.63) is 29.8 Å². The first-order valence-electron chi connectivity index (χ1n) is 8.20. The Morgan fingerprint density at radius 2 is 1.88 bits per heavy atom. The maximum atomic E-state index is 12.9. The van der Waals surface area contributed by atoms with Gasteiger partial charge in [-0.15, -0.1) is 12.4 Å². The quantitative estimate of drug-likeness (QED) is 0.878. The summed E-state index contributed by atoms with van der Waals surface area (Å²) in [6, 6.07) is 7.57. The van der Waals surface area contributed by atoms with Gasteiger partial charge in [-0.3, -0.25) is 9.59 Å². The van der Waals surface area contributed by atoms with Gasteiger partial charge in [-0.25, -0.2) is 0 Å². The molecular weight excluding hydrogens is 326 g/mol. The number of carbonyl (C=O) groups excluding carboxylic acids is 2. The molecule has 0 bridgehead atoms. The summed E-state index contributed by atoms with van der Waals surface area (Å²) in [5.41, 5.74) is 0.643. The smallest absolute Gasteiger partial charge is 0.256 e. The molecule has 1 aliphatic rings. The number of benzene rings is 1. The molecule has 2 amide bonds. The van der Waals surface area contributed by atoms with Crippen LogP contribution in [-0.4, -0.2) is 42.9 Å². The van der Waals surface area contributed by atoms with Crippen LogP contribution in [0.5, 0.6) is 0 Å². The maximum Gasteiger partial charge on any atom is 0.256 e. The summed E-state index contributed by atoms with van der Waals surface area (Å²) in [7, 11) is 1.93.